The molecule has 1 aromatic carbocycles. The third-order valence-corrected chi connectivity index (χ3v) is 4.51. The van der Waals surface area contributed by atoms with Crippen molar-refractivity contribution >= 4 is 11.6 Å². The number of carbonyl (C=O) groups is 1. The number of ether oxygens (including phenoxy) is 1. The van der Waals surface area contributed by atoms with Crippen LogP contribution < -0.4 is 10.1 Å². The molecule has 0 saturated carbocycles. The molecule has 0 unspecified atom stereocenters. The van der Waals surface area contributed by atoms with Gasteiger partial charge in [0.2, 0.25) is 0 Å². The number of carbonyl (C=O) groups excluding carboxylic acids is 1. The monoisotopic (exact) mass is 352 g/mol. The van der Waals surface area contributed by atoms with Gasteiger partial charge < -0.3 is 15.0 Å². The molecule has 0 atom stereocenters. The number of aryl methyl sites for hydroxylation is 2. The molecule has 2 heterocycles. The van der Waals surface area contributed by atoms with Gasteiger partial charge in [0, 0.05) is 35.4 Å². The summed E-state index contributed by atoms with van der Waals surface area (Å²) in [6, 6.07) is 4.31. The molecule has 0 aliphatic heterocycles. The molecule has 2 N–H and O–H groups in total. The van der Waals surface area contributed by atoms with E-state index in [4.69, 9.17) is 4.74 Å². The first-order valence-corrected chi connectivity index (χ1v) is 8.31. The Balaban J connectivity index is 1.69. The number of anilines is 1. The third-order valence-electron chi connectivity index (χ3n) is 4.51. The number of halogens is 1. The van der Waals surface area contributed by atoms with Crippen LogP contribution in [0.25, 0.3) is 11.3 Å². The van der Waals surface area contributed by atoms with Crippen LogP contribution >= 0.6 is 0 Å². The predicted molar refractivity (Wildman–Crippen MR) is 94.7 cm³/mol. The number of nitrogens with one attached hydrogen (secondary N) is 2. The zero-order valence-corrected chi connectivity index (χ0v) is 14.2. The maximum Gasteiger partial charge on any atom is 0.257 e. The Morgan fingerprint density at radius 3 is 3.04 bits per heavy atom. The summed E-state index contributed by atoms with van der Waals surface area (Å²) in [7, 11) is 1.39. The number of nitrogens with zero attached hydrogens (tertiary/aromatic N) is 2. The van der Waals surface area contributed by atoms with Crippen molar-refractivity contribution in [3.63, 3.8) is 0 Å². The van der Waals surface area contributed by atoms with E-state index in [1.165, 1.54) is 25.6 Å². The number of fused-ring (bicyclic) bond motifs is 3. The summed E-state index contributed by atoms with van der Waals surface area (Å²) in [4.78, 5) is 24.5. The molecule has 26 heavy (non-hydrogen) atoms. The second-order valence-corrected chi connectivity index (χ2v) is 6.11. The number of aromatic nitrogens is 3. The highest BCUT2D eigenvalue weighted by Crippen LogP contribution is 2.33. The molecule has 1 aliphatic carbocycles. The van der Waals surface area contributed by atoms with Crippen LogP contribution in [0.4, 0.5) is 10.1 Å². The van der Waals surface area contributed by atoms with Crippen LogP contribution in [0, 0.1) is 5.82 Å². The second kappa shape index (κ2) is 6.59. The lowest BCUT2D eigenvalue weighted by Gasteiger charge is -2.09. The first-order chi connectivity index (χ1) is 12.7. The van der Waals surface area contributed by atoms with Gasteiger partial charge in [-0.1, -0.05) is 0 Å². The van der Waals surface area contributed by atoms with Gasteiger partial charge in [-0.05, 0) is 37.0 Å². The summed E-state index contributed by atoms with van der Waals surface area (Å²) in [6.07, 6.45) is 7.61. The number of hydrogen-bond acceptors (Lipinski definition) is 4. The van der Waals surface area contributed by atoms with Gasteiger partial charge in [-0.3, -0.25) is 4.79 Å². The molecule has 6 nitrogen and oxygen atoms in total. The standard InChI is InChI=1S/C19H17FN4O2/c1-26-16-6-5-12(7-14(16)20)24-19(25)13-9-22-15-4-2-3-11-8-21-10-23-18(11)17(13)15/h5-10,22H,2-4H2,1H3,(H,24,25). The summed E-state index contributed by atoms with van der Waals surface area (Å²) in [5.74, 6) is -0.723. The van der Waals surface area contributed by atoms with Crippen molar-refractivity contribution in [1.82, 2.24) is 15.0 Å². The van der Waals surface area contributed by atoms with E-state index >= 15 is 0 Å². The van der Waals surface area contributed by atoms with Gasteiger partial charge >= 0.3 is 0 Å². The largest absolute Gasteiger partial charge is 0.494 e. The van der Waals surface area contributed by atoms with Gasteiger partial charge in [-0.15, -0.1) is 0 Å². The Hall–Kier alpha value is -3.22. The fourth-order valence-corrected chi connectivity index (χ4v) is 3.28. The molecular formula is C19H17FN4O2. The van der Waals surface area contributed by atoms with Crippen LogP contribution in [0.5, 0.6) is 5.75 Å². The molecule has 7 heteroatoms. The number of H-pyrrole nitrogens is 1. The van der Waals surface area contributed by atoms with E-state index in [2.05, 4.69) is 20.3 Å². The van der Waals surface area contributed by atoms with Crippen molar-refractivity contribution in [2.75, 3.05) is 12.4 Å². The minimum atomic E-state index is -0.531. The van der Waals surface area contributed by atoms with Crippen molar-refractivity contribution in [3.8, 4) is 17.0 Å². The fourth-order valence-electron chi connectivity index (χ4n) is 3.28. The minimum Gasteiger partial charge on any atom is -0.494 e. The highest BCUT2D eigenvalue weighted by atomic mass is 19.1. The van der Waals surface area contributed by atoms with Crippen molar-refractivity contribution in [3.05, 3.63) is 59.6 Å². The molecule has 0 spiro atoms. The molecule has 2 aromatic heterocycles. The van der Waals surface area contributed by atoms with E-state index in [1.54, 1.807) is 18.5 Å². The van der Waals surface area contributed by atoms with Gasteiger partial charge in [0.05, 0.1) is 18.4 Å². The lowest BCUT2D eigenvalue weighted by molar-refractivity contribution is 0.102. The van der Waals surface area contributed by atoms with Crippen LogP contribution in [-0.4, -0.2) is 28.0 Å². The molecular weight excluding hydrogens is 335 g/mol. The van der Waals surface area contributed by atoms with Crippen molar-refractivity contribution in [1.29, 1.82) is 0 Å². The van der Waals surface area contributed by atoms with Crippen LogP contribution in [0.2, 0.25) is 0 Å². The number of amides is 1. The van der Waals surface area contributed by atoms with Crippen LogP contribution in [0.15, 0.2) is 36.9 Å². The molecule has 4 rings (SSSR count). The van der Waals surface area contributed by atoms with Crippen molar-refractivity contribution < 1.29 is 13.9 Å². The molecule has 1 amide bonds. The quantitative estimate of drug-likeness (QED) is 0.757. The fraction of sp³-hybridized carbons (Fsp3) is 0.211. The number of rotatable bonds is 3. The zero-order valence-electron chi connectivity index (χ0n) is 14.2. The Kier molecular flexibility index (Phi) is 4.12. The van der Waals surface area contributed by atoms with E-state index in [0.29, 0.717) is 11.3 Å². The lowest BCUT2D eigenvalue weighted by atomic mass is 10.0. The van der Waals surface area contributed by atoms with Gasteiger partial charge in [-0.2, -0.15) is 0 Å². The summed E-state index contributed by atoms with van der Waals surface area (Å²) in [5.41, 5.74) is 4.42. The predicted octanol–water partition coefficient (Wildman–Crippen LogP) is 3.36. The average molecular weight is 352 g/mol. The summed E-state index contributed by atoms with van der Waals surface area (Å²) >= 11 is 0. The Morgan fingerprint density at radius 2 is 2.23 bits per heavy atom. The maximum atomic E-state index is 13.9. The number of aromatic amines is 1. The first kappa shape index (κ1) is 16.3. The van der Waals surface area contributed by atoms with Gasteiger partial charge in [0.1, 0.15) is 6.33 Å². The Labute approximate surface area is 149 Å². The van der Waals surface area contributed by atoms with E-state index in [-0.39, 0.29) is 11.7 Å². The number of methoxy groups -OCH3 is 1. The molecule has 3 aromatic rings. The summed E-state index contributed by atoms with van der Waals surface area (Å²) in [5, 5.41) is 2.74. The van der Waals surface area contributed by atoms with Crippen molar-refractivity contribution in [2.45, 2.75) is 19.3 Å². The van der Waals surface area contributed by atoms with Gasteiger partial charge in [0.25, 0.3) is 5.91 Å². The summed E-state index contributed by atoms with van der Waals surface area (Å²) < 4.78 is 18.8. The maximum absolute atomic E-state index is 13.9. The van der Waals surface area contributed by atoms with Crippen LogP contribution in [0.1, 0.15) is 28.0 Å². The minimum absolute atomic E-state index is 0.129. The number of hydrogen-bond donors (Lipinski definition) is 2. The van der Waals surface area contributed by atoms with E-state index in [1.807, 2.05) is 0 Å². The zero-order chi connectivity index (χ0) is 18.1. The van der Waals surface area contributed by atoms with Crippen molar-refractivity contribution in [2.24, 2.45) is 0 Å². The Bertz CT molecular complexity index is 983. The van der Waals surface area contributed by atoms with E-state index in [0.717, 1.165) is 41.8 Å². The molecule has 1 aliphatic rings. The normalized spacial score (nSPS) is 12.7. The highest BCUT2D eigenvalue weighted by molar-refractivity contribution is 6.09. The average Bonchev–Trinajstić information content (AvgIpc) is 2.98. The second-order valence-electron chi connectivity index (χ2n) is 6.11. The molecule has 0 saturated heterocycles. The SMILES string of the molecule is COc1ccc(NC(=O)c2c[nH]c3c2-c2ncncc2CCC3)cc1F. The van der Waals surface area contributed by atoms with Gasteiger partial charge in [-0.25, -0.2) is 14.4 Å². The molecule has 0 bridgehead atoms. The van der Waals surface area contributed by atoms with Crippen LogP contribution in [-0.2, 0) is 12.8 Å². The Morgan fingerprint density at radius 1 is 1.35 bits per heavy atom. The third kappa shape index (κ3) is 2.81. The molecule has 132 valence electrons. The lowest BCUT2D eigenvalue weighted by Crippen LogP contribution is -2.13. The smallest absolute Gasteiger partial charge is 0.257 e. The molecule has 0 radical (unpaired) electrons. The molecule has 0 fully saturated rings. The topological polar surface area (TPSA) is 79.9 Å². The van der Waals surface area contributed by atoms with E-state index in [9.17, 15) is 9.18 Å². The number of benzene rings is 1. The van der Waals surface area contributed by atoms with Gasteiger partial charge in [0.15, 0.2) is 11.6 Å². The highest BCUT2D eigenvalue weighted by Gasteiger charge is 2.24. The van der Waals surface area contributed by atoms with Crippen LogP contribution in [0.3, 0.4) is 0 Å². The first-order valence-electron chi connectivity index (χ1n) is 8.31. The summed E-state index contributed by atoms with van der Waals surface area (Å²) in [6.45, 7) is 0. The van der Waals surface area contributed by atoms with E-state index < -0.39 is 5.82 Å².